The number of carbonyl (C=O) groups excluding carboxylic acids is 2. The van der Waals surface area contributed by atoms with E-state index in [1.807, 2.05) is 54.6 Å². The fourth-order valence-corrected chi connectivity index (χ4v) is 3.36. The maximum Gasteiger partial charge on any atom is 0.339 e. The number of pyridine rings is 1. The second-order valence-electron chi connectivity index (χ2n) is 7.56. The summed E-state index contributed by atoms with van der Waals surface area (Å²) in [4.78, 5) is 31.4. The normalized spacial score (nSPS) is 13.1. The molecule has 6 nitrogen and oxygen atoms in total. The molecule has 0 radical (unpaired) electrons. The van der Waals surface area contributed by atoms with Crippen molar-refractivity contribution in [2.75, 3.05) is 20.8 Å². The van der Waals surface area contributed by atoms with Gasteiger partial charge in [0, 0.05) is 30.6 Å². The van der Waals surface area contributed by atoms with Gasteiger partial charge in [-0.15, -0.1) is 0 Å². The highest BCUT2D eigenvalue weighted by Crippen LogP contribution is 2.40. The van der Waals surface area contributed by atoms with E-state index in [1.165, 1.54) is 4.90 Å². The summed E-state index contributed by atoms with van der Waals surface area (Å²) in [5, 5.41) is 0.742. The van der Waals surface area contributed by atoms with Crippen LogP contribution in [-0.4, -0.2) is 42.5 Å². The number of hydrogen-bond acceptors (Lipinski definition) is 5. The van der Waals surface area contributed by atoms with Gasteiger partial charge in [-0.2, -0.15) is 0 Å². The van der Waals surface area contributed by atoms with E-state index in [0.717, 1.165) is 40.8 Å². The van der Waals surface area contributed by atoms with Crippen molar-refractivity contribution in [3.05, 3.63) is 71.4 Å². The van der Waals surface area contributed by atoms with E-state index in [9.17, 15) is 9.59 Å². The van der Waals surface area contributed by atoms with Crippen LogP contribution in [0.2, 0.25) is 0 Å². The lowest BCUT2D eigenvalue weighted by atomic mass is 10.1. The van der Waals surface area contributed by atoms with Crippen molar-refractivity contribution in [1.29, 1.82) is 0 Å². The molecule has 0 N–H and O–H groups in total. The van der Waals surface area contributed by atoms with E-state index in [0.29, 0.717) is 18.0 Å². The molecule has 1 aliphatic carbocycles. The molecular weight excluding hydrogens is 380 g/mol. The van der Waals surface area contributed by atoms with Crippen LogP contribution in [0.1, 0.15) is 40.4 Å². The molecule has 2 aromatic carbocycles. The SMILES string of the molecule is COc1ccc(CN(C)C(=O)COC(=O)c2cc(C3CC3)nc3ccccc23)cc1. The molecule has 1 fully saturated rings. The summed E-state index contributed by atoms with van der Waals surface area (Å²) < 4.78 is 10.5. The first kappa shape index (κ1) is 19.9. The van der Waals surface area contributed by atoms with E-state index >= 15 is 0 Å². The number of aromatic nitrogens is 1. The summed E-state index contributed by atoms with van der Waals surface area (Å²) in [5.41, 5.74) is 3.13. The molecule has 30 heavy (non-hydrogen) atoms. The number of hydrogen-bond donors (Lipinski definition) is 0. The minimum absolute atomic E-state index is 0.264. The van der Waals surface area contributed by atoms with Gasteiger partial charge in [0.15, 0.2) is 6.61 Å². The van der Waals surface area contributed by atoms with Crippen molar-refractivity contribution in [2.45, 2.75) is 25.3 Å². The average Bonchev–Trinajstić information content (AvgIpc) is 3.62. The average molecular weight is 404 g/mol. The van der Waals surface area contributed by atoms with Crippen LogP contribution in [0.3, 0.4) is 0 Å². The Hall–Kier alpha value is -3.41. The lowest BCUT2D eigenvalue weighted by molar-refractivity contribution is -0.133. The smallest absolute Gasteiger partial charge is 0.339 e. The first-order chi connectivity index (χ1) is 14.5. The van der Waals surface area contributed by atoms with Gasteiger partial charge in [-0.05, 0) is 42.7 Å². The van der Waals surface area contributed by atoms with Crippen LogP contribution < -0.4 is 4.74 Å². The number of esters is 1. The van der Waals surface area contributed by atoms with Crippen molar-refractivity contribution < 1.29 is 19.1 Å². The van der Waals surface area contributed by atoms with Crippen LogP contribution in [-0.2, 0) is 16.1 Å². The Labute approximate surface area is 175 Å². The quantitative estimate of drug-likeness (QED) is 0.558. The largest absolute Gasteiger partial charge is 0.497 e. The summed E-state index contributed by atoms with van der Waals surface area (Å²) in [6.45, 7) is 0.116. The van der Waals surface area contributed by atoms with Crippen molar-refractivity contribution >= 4 is 22.8 Å². The molecule has 0 spiro atoms. The van der Waals surface area contributed by atoms with Gasteiger partial charge in [-0.1, -0.05) is 30.3 Å². The summed E-state index contributed by atoms with van der Waals surface area (Å²) >= 11 is 0. The topological polar surface area (TPSA) is 68.7 Å². The van der Waals surface area contributed by atoms with Gasteiger partial charge < -0.3 is 14.4 Å². The number of benzene rings is 2. The Morgan fingerprint density at radius 2 is 1.83 bits per heavy atom. The molecule has 1 aromatic heterocycles. The predicted octanol–water partition coefficient (Wildman–Crippen LogP) is 3.94. The van der Waals surface area contributed by atoms with Gasteiger partial charge in [0.2, 0.25) is 0 Å². The minimum Gasteiger partial charge on any atom is -0.497 e. The summed E-state index contributed by atoms with van der Waals surface area (Å²) in [5.74, 6) is 0.414. The van der Waals surface area contributed by atoms with Crippen LogP contribution in [0.15, 0.2) is 54.6 Å². The highest BCUT2D eigenvalue weighted by molar-refractivity contribution is 6.04. The first-order valence-corrected chi connectivity index (χ1v) is 9.99. The van der Waals surface area contributed by atoms with E-state index in [4.69, 9.17) is 9.47 Å². The Bertz CT molecular complexity index is 1070. The van der Waals surface area contributed by atoms with E-state index in [2.05, 4.69) is 4.98 Å². The molecule has 1 amide bonds. The third-order valence-electron chi connectivity index (χ3n) is 5.28. The highest BCUT2D eigenvalue weighted by Gasteiger charge is 2.27. The van der Waals surface area contributed by atoms with Crippen LogP contribution >= 0.6 is 0 Å². The van der Waals surface area contributed by atoms with E-state index in [1.54, 1.807) is 14.2 Å². The van der Waals surface area contributed by atoms with Crippen molar-refractivity contribution in [2.24, 2.45) is 0 Å². The number of carbonyl (C=O) groups is 2. The summed E-state index contributed by atoms with van der Waals surface area (Å²) in [6, 6.07) is 16.8. The molecule has 6 heteroatoms. The van der Waals surface area contributed by atoms with Crippen molar-refractivity contribution in [3.8, 4) is 5.75 Å². The zero-order valence-corrected chi connectivity index (χ0v) is 17.1. The van der Waals surface area contributed by atoms with Crippen LogP contribution in [0.25, 0.3) is 10.9 Å². The van der Waals surface area contributed by atoms with Gasteiger partial charge in [0.1, 0.15) is 5.75 Å². The van der Waals surface area contributed by atoms with Gasteiger partial charge in [-0.25, -0.2) is 4.79 Å². The minimum atomic E-state index is -0.498. The monoisotopic (exact) mass is 404 g/mol. The Morgan fingerprint density at radius 1 is 1.10 bits per heavy atom. The van der Waals surface area contributed by atoms with Crippen LogP contribution in [0.5, 0.6) is 5.75 Å². The molecule has 0 saturated heterocycles. The molecule has 1 saturated carbocycles. The zero-order chi connectivity index (χ0) is 21.1. The lowest BCUT2D eigenvalue weighted by Gasteiger charge is -2.17. The zero-order valence-electron chi connectivity index (χ0n) is 17.1. The molecule has 3 aromatic rings. The van der Waals surface area contributed by atoms with E-state index in [-0.39, 0.29) is 12.5 Å². The second-order valence-corrected chi connectivity index (χ2v) is 7.56. The molecular formula is C24H24N2O4. The summed E-state index contributed by atoms with van der Waals surface area (Å²) in [6.07, 6.45) is 2.18. The molecule has 0 aliphatic heterocycles. The number of fused-ring (bicyclic) bond motifs is 1. The number of methoxy groups -OCH3 is 1. The Balaban J connectivity index is 1.42. The number of rotatable bonds is 7. The maximum absolute atomic E-state index is 12.8. The fraction of sp³-hybridized carbons (Fsp3) is 0.292. The van der Waals surface area contributed by atoms with Crippen LogP contribution in [0.4, 0.5) is 0 Å². The Morgan fingerprint density at radius 3 is 2.53 bits per heavy atom. The molecule has 4 rings (SSSR count). The van der Waals surface area contributed by atoms with Crippen molar-refractivity contribution in [3.63, 3.8) is 0 Å². The Kier molecular flexibility index (Phi) is 5.65. The third-order valence-corrected chi connectivity index (χ3v) is 5.28. The van der Waals surface area contributed by atoms with Gasteiger partial charge in [0.05, 0.1) is 18.2 Å². The molecule has 0 unspecified atom stereocenters. The van der Waals surface area contributed by atoms with Gasteiger partial charge in [-0.3, -0.25) is 9.78 Å². The standard InChI is InChI=1S/C24H24N2O4/c1-26(14-16-7-11-18(29-2)12-8-16)23(27)15-30-24(28)20-13-22(17-9-10-17)25-21-6-4-3-5-19(20)21/h3-8,11-13,17H,9-10,14-15H2,1-2H3. The van der Waals surface area contributed by atoms with Crippen molar-refractivity contribution in [1.82, 2.24) is 9.88 Å². The molecule has 154 valence electrons. The molecule has 0 atom stereocenters. The summed E-state index contributed by atoms with van der Waals surface area (Å²) in [7, 11) is 3.30. The predicted molar refractivity (Wildman–Crippen MR) is 113 cm³/mol. The number of amides is 1. The number of ether oxygens (including phenoxy) is 2. The highest BCUT2D eigenvalue weighted by atomic mass is 16.5. The third kappa shape index (κ3) is 4.43. The molecule has 1 heterocycles. The number of para-hydroxylation sites is 1. The molecule has 0 bridgehead atoms. The van der Waals surface area contributed by atoms with E-state index < -0.39 is 5.97 Å². The van der Waals surface area contributed by atoms with Gasteiger partial charge in [0.25, 0.3) is 5.91 Å². The lowest BCUT2D eigenvalue weighted by Crippen LogP contribution is -2.30. The first-order valence-electron chi connectivity index (χ1n) is 9.99. The van der Waals surface area contributed by atoms with Gasteiger partial charge >= 0.3 is 5.97 Å². The fourth-order valence-electron chi connectivity index (χ4n) is 3.36. The second kappa shape index (κ2) is 8.53. The number of likely N-dealkylation sites (N-methyl/N-ethyl adjacent to an activating group) is 1. The van der Waals surface area contributed by atoms with Crippen LogP contribution in [0, 0.1) is 0 Å². The maximum atomic E-state index is 12.8. The molecule has 1 aliphatic rings. The number of nitrogens with zero attached hydrogens (tertiary/aromatic N) is 2.